The molecule has 28 heavy (non-hydrogen) atoms. The van der Waals surface area contributed by atoms with Crippen LogP contribution in [0.3, 0.4) is 0 Å². The number of nitrogens with zero attached hydrogens (tertiary/aromatic N) is 1. The van der Waals surface area contributed by atoms with Crippen molar-refractivity contribution in [2.45, 2.75) is 39.3 Å². The minimum absolute atomic E-state index is 0. The van der Waals surface area contributed by atoms with Gasteiger partial charge < -0.3 is 20.1 Å². The zero-order chi connectivity index (χ0) is 19.9. The second-order valence-electron chi connectivity index (χ2n) is 6.64. The number of benzene rings is 1. The largest absolute Gasteiger partial charge is 0.467 e. The lowest BCUT2D eigenvalue weighted by Crippen LogP contribution is -2.43. The van der Waals surface area contributed by atoms with E-state index in [4.69, 9.17) is 9.47 Å². The van der Waals surface area contributed by atoms with Gasteiger partial charge in [-0.3, -0.25) is 4.99 Å². The van der Waals surface area contributed by atoms with Crippen LogP contribution in [-0.2, 0) is 27.6 Å². The average molecular weight is 529 g/mol. The van der Waals surface area contributed by atoms with Gasteiger partial charge in [-0.25, -0.2) is 12.8 Å². The Morgan fingerprint density at radius 1 is 1.39 bits per heavy atom. The second-order valence-corrected chi connectivity index (χ2v) is 8.90. The van der Waals surface area contributed by atoms with Crippen LogP contribution in [0.5, 0.6) is 5.75 Å². The molecule has 0 saturated heterocycles. The van der Waals surface area contributed by atoms with Crippen LogP contribution in [-0.4, -0.2) is 52.3 Å². The van der Waals surface area contributed by atoms with Crippen molar-refractivity contribution in [3.63, 3.8) is 0 Å². The SMILES string of the molecule is CCNC(=NCCc1cc(F)cc2c1OCOC2)NC(C)CCS(C)(=O)=O.I. The zero-order valence-corrected chi connectivity index (χ0v) is 19.6. The minimum Gasteiger partial charge on any atom is -0.467 e. The van der Waals surface area contributed by atoms with Crippen molar-refractivity contribution in [1.82, 2.24) is 10.6 Å². The molecular weight excluding hydrogens is 500 g/mol. The Balaban J connectivity index is 0.00000392. The first-order chi connectivity index (χ1) is 12.8. The van der Waals surface area contributed by atoms with Crippen LogP contribution in [0.1, 0.15) is 31.4 Å². The topological polar surface area (TPSA) is 89.0 Å². The van der Waals surface area contributed by atoms with E-state index in [0.717, 1.165) is 5.56 Å². The first kappa shape index (κ1) is 24.9. The molecule has 0 spiro atoms. The molecule has 0 aliphatic carbocycles. The first-order valence-corrected chi connectivity index (χ1v) is 11.1. The molecule has 10 heteroatoms. The third kappa shape index (κ3) is 8.48. The summed E-state index contributed by atoms with van der Waals surface area (Å²) in [6.07, 6.45) is 2.24. The van der Waals surface area contributed by atoms with Crippen LogP contribution in [0.15, 0.2) is 17.1 Å². The third-order valence-corrected chi connectivity index (χ3v) is 5.03. The lowest BCUT2D eigenvalue weighted by Gasteiger charge is -2.21. The van der Waals surface area contributed by atoms with Crippen LogP contribution in [0.4, 0.5) is 4.39 Å². The van der Waals surface area contributed by atoms with E-state index in [1.807, 2.05) is 13.8 Å². The Morgan fingerprint density at radius 3 is 2.82 bits per heavy atom. The molecule has 1 aromatic carbocycles. The van der Waals surface area contributed by atoms with Crippen molar-refractivity contribution in [2.75, 3.05) is 31.9 Å². The molecule has 2 N–H and O–H groups in total. The van der Waals surface area contributed by atoms with E-state index in [1.165, 1.54) is 18.4 Å². The van der Waals surface area contributed by atoms with Gasteiger partial charge in [-0.1, -0.05) is 0 Å². The quantitative estimate of drug-likeness (QED) is 0.305. The Morgan fingerprint density at radius 2 is 2.14 bits per heavy atom. The van der Waals surface area contributed by atoms with Crippen molar-refractivity contribution < 1.29 is 22.3 Å². The van der Waals surface area contributed by atoms with Gasteiger partial charge in [0.25, 0.3) is 0 Å². The van der Waals surface area contributed by atoms with Crippen LogP contribution in [0.2, 0.25) is 0 Å². The summed E-state index contributed by atoms with van der Waals surface area (Å²) in [6.45, 7) is 5.49. The Hall–Kier alpha value is -1.14. The summed E-state index contributed by atoms with van der Waals surface area (Å²) in [5.74, 6) is 1.08. The second kappa shape index (κ2) is 11.8. The van der Waals surface area contributed by atoms with Crippen LogP contribution in [0, 0.1) is 5.82 Å². The van der Waals surface area contributed by atoms with E-state index in [2.05, 4.69) is 15.6 Å². The molecule has 0 amide bonds. The smallest absolute Gasteiger partial charge is 0.191 e. The monoisotopic (exact) mass is 529 g/mol. The van der Waals surface area contributed by atoms with Crippen molar-refractivity contribution in [3.8, 4) is 5.75 Å². The molecule has 1 aromatic rings. The molecule has 1 aliphatic rings. The van der Waals surface area contributed by atoms with Crippen LogP contribution in [0.25, 0.3) is 0 Å². The Kier molecular flexibility index (Phi) is 10.5. The Labute approximate surface area is 183 Å². The maximum Gasteiger partial charge on any atom is 0.191 e. The van der Waals surface area contributed by atoms with Gasteiger partial charge in [0.05, 0.1) is 12.4 Å². The van der Waals surface area contributed by atoms with E-state index in [-0.39, 0.29) is 48.4 Å². The molecule has 7 nitrogen and oxygen atoms in total. The highest BCUT2D eigenvalue weighted by molar-refractivity contribution is 14.0. The minimum atomic E-state index is -2.99. The highest BCUT2D eigenvalue weighted by Gasteiger charge is 2.17. The summed E-state index contributed by atoms with van der Waals surface area (Å²) in [4.78, 5) is 4.51. The number of sulfone groups is 1. The summed E-state index contributed by atoms with van der Waals surface area (Å²) < 4.78 is 47.1. The highest BCUT2D eigenvalue weighted by Crippen LogP contribution is 2.29. The molecule has 1 unspecified atom stereocenters. The fourth-order valence-electron chi connectivity index (χ4n) is 2.75. The number of ether oxygens (including phenoxy) is 2. The molecule has 0 bridgehead atoms. The molecule has 0 fully saturated rings. The summed E-state index contributed by atoms with van der Waals surface area (Å²) in [5.41, 5.74) is 1.47. The summed E-state index contributed by atoms with van der Waals surface area (Å²) >= 11 is 0. The van der Waals surface area contributed by atoms with Crippen LogP contribution < -0.4 is 15.4 Å². The summed E-state index contributed by atoms with van der Waals surface area (Å²) in [5, 5.41) is 6.33. The average Bonchev–Trinajstić information content (AvgIpc) is 2.59. The van der Waals surface area contributed by atoms with Gasteiger partial charge >= 0.3 is 0 Å². The number of aliphatic imine (C=N–C) groups is 1. The Bertz CT molecular complexity index is 774. The lowest BCUT2D eigenvalue weighted by molar-refractivity contribution is -0.0172. The van der Waals surface area contributed by atoms with Gasteiger partial charge in [0.2, 0.25) is 0 Å². The van der Waals surface area contributed by atoms with E-state index in [9.17, 15) is 12.8 Å². The van der Waals surface area contributed by atoms with Crippen molar-refractivity contribution >= 4 is 39.8 Å². The molecular formula is C18H29FIN3O4S. The standard InChI is InChI=1S/C18H28FN3O4S.HI/c1-4-20-18(22-13(2)6-8-27(3,23)24)21-7-5-14-9-16(19)10-15-11-25-12-26-17(14)15;/h9-10,13H,4-8,11-12H2,1-3H3,(H2,20,21,22);1H. The van der Waals surface area contributed by atoms with E-state index in [0.29, 0.717) is 49.8 Å². The molecule has 2 rings (SSSR count). The molecule has 0 aromatic heterocycles. The summed E-state index contributed by atoms with van der Waals surface area (Å²) in [6, 6.07) is 2.85. The molecule has 1 atom stereocenters. The molecule has 0 radical (unpaired) electrons. The van der Waals surface area contributed by atoms with Gasteiger partial charge in [-0.2, -0.15) is 0 Å². The predicted molar refractivity (Wildman–Crippen MR) is 119 cm³/mol. The number of fused-ring (bicyclic) bond motifs is 1. The normalized spacial score (nSPS) is 15.1. The van der Waals surface area contributed by atoms with Gasteiger partial charge in [-0.05, 0) is 44.4 Å². The number of rotatable bonds is 8. The number of halogens is 2. The molecule has 1 heterocycles. The first-order valence-electron chi connectivity index (χ1n) is 9.03. The van der Waals surface area contributed by atoms with Gasteiger partial charge in [0.15, 0.2) is 12.8 Å². The maximum absolute atomic E-state index is 13.8. The van der Waals surface area contributed by atoms with E-state index >= 15 is 0 Å². The van der Waals surface area contributed by atoms with Crippen molar-refractivity contribution in [1.29, 1.82) is 0 Å². The number of hydrogen-bond donors (Lipinski definition) is 2. The predicted octanol–water partition coefficient (Wildman–Crippen LogP) is 2.23. The third-order valence-electron chi connectivity index (χ3n) is 4.05. The molecule has 1 aliphatic heterocycles. The number of nitrogens with one attached hydrogen (secondary N) is 2. The lowest BCUT2D eigenvalue weighted by atomic mass is 10.1. The van der Waals surface area contributed by atoms with E-state index in [1.54, 1.807) is 0 Å². The van der Waals surface area contributed by atoms with Gasteiger partial charge in [0, 0.05) is 31.0 Å². The van der Waals surface area contributed by atoms with Crippen LogP contribution >= 0.6 is 24.0 Å². The molecule has 0 saturated carbocycles. The highest BCUT2D eigenvalue weighted by atomic mass is 127. The van der Waals surface area contributed by atoms with E-state index < -0.39 is 9.84 Å². The van der Waals surface area contributed by atoms with Gasteiger partial charge in [-0.15, -0.1) is 24.0 Å². The number of guanidine groups is 1. The van der Waals surface area contributed by atoms with Crippen molar-refractivity contribution in [2.24, 2.45) is 4.99 Å². The number of hydrogen-bond acceptors (Lipinski definition) is 5. The fraction of sp³-hybridized carbons (Fsp3) is 0.611. The maximum atomic E-state index is 13.8. The summed E-state index contributed by atoms with van der Waals surface area (Å²) in [7, 11) is -2.99. The molecule has 160 valence electrons. The fourth-order valence-corrected chi connectivity index (χ4v) is 3.53. The van der Waals surface area contributed by atoms with Crippen molar-refractivity contribution in [3.05, 3.63) is 29.1 Å². The van der Waals surface area contributed by atoms with Gasteiger partial charge in [0.1, 0.15) is 21.4 Å². The zero-order valence-electron chi connectivity index (χ0n) is 16.5.